The van der Waals surface area contributed by atoms with Crippen molar-refractivity contribution in [3.05, 3.63) is 53.0 Å². The molecule has 0 spiro atoms. The lowest BCUT2D eigenvalue weighted by molar-refractivity contribution is -0.129. The van der Waals surface area contributed by atoms with E-state index in [1.807, 2.05) is 12.1 Å². The molecule has 0 bridgehead atoms. The number of hydrogen-bond donors (Lipinski definition) is 0. The summed E-state index contributed by atoms with van der Waals surface area (Å²) in [6, 6.07) is 9.77. The van der Waals surface area contributed by atoms with Crippen LogP contribution in [0.1, 0.15) is 48.6 Å². The fraction of sp³-hybridized carbons (Fsp3) is 0.429. The first-order valence-corrected chi connectivity index (χ1v) is 9.64. The zero-order valence-electron chi connectivity index (χ0n) is 17.0. The predicted octanol–water partition coefficient (Wildman–Crippen LogP) is 3.44. The van der Waals surface area contributed by atoms with Crippen LogP contribution in [0, 0.1) is 6.92 Å². The number of aromatic nitrogens is 4. The van der Waals surface area contributed by atoms with Crippen molar-refractivity contribution in [2.45, 2.75) is 44.8 Å². The van der Waals surface area contributed by atoms with Crippen LogP contribution in [0.5, 0.6) is 0 Å². The zero-order valence-corrected chi connectivity index (χ0v) is 17.0. The molecule has 0 radical (unpaired) electrons. The maximum atomic E-state index is 14.1. The summed E-state index contributed by atoms with van der Waals surface area (Å²) in [7, 11) is 3.30. The normalized spacial score (nSPS) is 15.9. The molecule has 152 valence electrons. The number of likely N-dealkylation sites (N-methyl/N-ethyl adjacent to an activating group) is 1. The van der Waals surface area contributed by atoms with Crippen molar-refractivity contribution < 1.29 is 13.7 Å². The minimum absolute atomic E-state index is 0.0509. The highest BCUT2D eigenvalue weighted by atomic mass is 19.1. The van der Waals surface area contributed by atoms with Gasteiger partial charge in [-0.25, -0.2) is 4.39 Å². The Morgan fingerprint density at radius 2 is 2.07 bits per heavy atom. The minimum atomic E-state index is -1.28. The van der Waals surface area contributed by atoms with Crippen LogP contribution in [0.3, 0.4) is 0 Å². The molecule has 1 saturated carbocycles. The molecule has 2 aromatic heterocycles. The molecule has 1 aliphatic rings. The van der Waals surface area contributed by atoms with Gasteiger partial charge in [-0.3, -0.25) is 9.48 Å². The molecule has 1 amide bonds. The van der Waals surface area contributed by atoms with Crippen LogP contribution < -0.4 is 0 Å². The summed E-state index contributed by atoms with van der Waals surface area (Å²) in [5.74, 6) is 0.678. The highest BCUT2D eigenvalue weighted by molar-refractivity contribution is 5.75. The van der Waals surface area contributed by atoms with Gasteiger partial charge in [-0.1, -0.05) is 29.4 Å². The number of alkyl halides is 1. The van der Waals surface area contributed by atoms with Gasteiger partial charge in [0.15, 0.2) is 11.5 Å². The number of carbonyl (C=O) groups excluding carboxylic acids is 1. The number of benzene rings is 1. The highest BCUT2D eigenvalue weighted by Crippen LogP contribution is 2.53. The summed E-state index contributed by atoms with van der Waals surface area (Å²) in [6.07, 6.45) is 0.625. The second-order valence-corrected chi connectivity index (χ2v) is 7.84. The van der Waals surface area contributed by atoms with E-state index < -0.39 is 6.17 Å². The first-order chi connectivity index (χ1) is 13.8. The minimum Gasteiger partial charge on any atom is -0.347 e. The van der Waals surface area contributed by atoms with E-state index >= 15 is 0 Å². The Labute approximate surface area is 168 Å². The molecule has 29 heavy (non-hydrogen) atoms. The maximum Gasteiger partial charge on any atom is 0.278 e. The third-order valence-corrected chi connectivity index (χ3v) is 5.49. The molecule has 8 heteroatoms. The number of aryl methyl sites for hydroxylation is 1. The van der Waals surface area contributed by atoms with Gasteiger partial charge < -0.3 is 9.42 Å². The van der Waals surface area contributed by atoms with Crippen LogP contribution in [0.15, 0.2) is 34.9 Å². The van der Waals surface area contributed by atoms with Gasteiger partial charge in [0.2, 0.25) is 5.91 Å². The topological polar surface area (TPSA) is 77.0 Å². The van der Waals surface area contributed by atoms with E-state index in [1.165, 1.54) is 27.6 Å². The van der Waals surface area contributed by atoms with Crippen LogP contribution in [-0.2, 0) is 16.8 Å². The largest absolute Gasteiger partial charge is 0.347 e. The Balaban J connectivity index is 1.67. The number of halogens is 1. The van der Waals surface area contributed by atoms with Crippen molar-refractivity contribution in [1.29, 1.82) is 0 Å². The molecule has 2 heterocycles. The van der Waals surface area contributed by atoms with Crippen LogP contribution in [0.25, 0.3) is 11.6 Å². The molecule has 0 aliphatic heterocycles. The van der Waals surface area contributed by atoms with Crippen LogP contribution >= 0.6 is 0 Å². The van der Waals surface area contributed by atoms with Gasteiger partial charge in [0.05, 0.1) is 11.1 Å². The molecule has 7 nitrogen and oxygen atoms in total. The first kappa shape index (κ1) is 19.3. The molecule has 1 fully saturated rings. The van der Waals surface area contributed by atoms with Gasteiger partial charge >= 0.3 is 0 Å². The Bertz CT molecular complexity index is 1050. The van der Waals surface area contributed by atoms with E-state index in [9.17, 15) is 9.18 Å². The van der Waals surface area contributed by atoms with Crippen molar-refractivity contribution in [1.82, 2.24) is 24.8 Å². The lowest BCUT2D eigenvalue weighted by Crippen LogP contribution is -2.27. The second kappa shape index (κ2) is 7.09. The molecule has 1 atom stereocenters. The van der Waals surface area contributed by atoms with Gasteiger partial charge in [0.25, 0.3) is 5.89 Å². The van der Waals surface area contributed by atoms with Crippen LogP contribution in [0.2, 0.25) is 0 Å². The standard InChI is InChI=1S/C21H24FN5O2/c1-13-7-5-6-8-15(13)21(9-10-21)20-23-19(29-25-20)16-11-17(14(2)22)27(24-16)12-18(28)26(3)4/h5-8,11,14H,9-10,12H2,1-4H3. The smallest absolute Gasteiger partial charge is 0.278 e. The van der Waals surface area contributed by atoms with Gasteiger partial charge in [-0.15, -0.1) is 0 Å². The number of hydrogen-bond acceptors (Lipinski definition) is 5. The summed E-state index contributed by atoms with van der Waals surface area (Å²) in [5, 5.41) is 8.58. The van der Waals surface area contributed by atoms with E-state index in [1.54, 1.807) is 20.2 Å². The second-order valence-electron chi connectivity index (χ2n) is 7.84. The van der Waals surface area contributed by atoms with Gasteiger partial charge in [0.1, 0.15) is 12.7 Å². The van der Waals surface area contributed by atoms with E-state index in [0.717, 1.165) is 12.8 Å². The Morgan fingerprint density at radius 1 is 1.34 bits per heavy atom. The summed E-state index contributed by atoms with van der Waals surface area (Å²) in [6.45, 7) is 3.44. The summed E-state index contributed by atoms with van der Waals surface area (Å²) >= 11 is 0. The lowest BCUT2D eigenvalue weighted by atomic mass is 9.91. The average molecular weight is 397 g/mol. The van der Waals surface area contributed by atoms with Gasteiger partial charge in [-0.2, -0.15) is 10.1 Å². The third kappa shape index (κ3) is 3.43. The van der Waals surface area contributed by atoms with Crippen LogP contribution in [-0.4, -0.2) is 44.8 Å². The molecule has 1 aromatic carbocycles. The fourth-order valence-corrected chi connectivity index (χ4v) is 3.62. The van der Waals surface area contributed by atoms with Gasteiger partial charge in [0, 0.05) is 14.1 Å². The van der Waals surface area contributed by atoms with Crippen molar-refractivity contribution in [2.75, 3.05) is 14.1 Å². The van der Waals surface area contributed by atoms with Crippen molar-refractivity contribution in [3.63, 3.8) is 0 Å². The van der Waals surface area contributed by atoms with Crippen molar-refractivity contribution in [2.24, 2.45) is 0 Å². The van der Waals surface area contributed by atoms with E-state index in [0.29, 0.717) is 17.2 Å². The molecule has 1 aliphatic carbocycles. The third-order valence-electron chi connectivity index (χ3n) is 5.49. The molecule has 0 saturated heterocycles. The molecule has 0 N–H and O–H groups in total. The predicted molar refractivity (Wildman–Crippen MR) is 105 cm³/mol. The molecule has 1 unspecified atom stereocenters. The van der Waals surface area contributed by atoms with Gasteiger partial charge in [-0.05, 0) is 43.9 Å². The molecule has 4 rings (SSSR count). The fourth-order valence-electron chi connectivity index (χ4n) is 3.62. The van der Waals surface area contributed by atoms with Crippen LogP contribution in [0.4, 0.5) is 4.39 Å². The lowest BCUT2D eigenvalue weighted by Gasteiger charge is -2.13. The van der Waals surface area contributed by atoms with E-state index in [2.05, 4.69) is 34.3 Å². The highest BCUT2D eigenvalue weighted by Gasteiger charge is 2.50. The Morgan fingerprint density at radius 3 is 2.69 bits per heavy atom. The Hall–Kier alpha value is -3.03. The summed E-state index contributed by atoms with van der Waals surface area (Å²) in [5.41, 5.74) is 2.83. The number of nitrogens with zero attached hydrogens (tertiary/aromatic N) is 5. The molecular formula is C21H24FN5O2. The quantitative estimate of drug-likeness (QED) is 0.637. The SMILES string of the molecule is Cc1ccccc1C1(c2noc(-c3cc(C(C)F)n(CC(=O)N(C)C)n3)n2)CC1. The number of amides is 1. The maximum absolute atomic E-state index is 14.1. The summed E-state index contributed by atoms with van der Waals surface area (Å²) < 4.78 is 20.9. The zero-order chi connectivity index (χ0) is 20.8. The van der Waals surface area contributed by atoms with E-state index in [-0.39, 0.29) is 23.8 Å². The van der Waals surface area contributed by atoms with Crippen molar-refractivity contribution in [3.8, 4) is 11.6 Å². The monoisotopic (exact) mass is 397 g/mol. The van der Waals surface area contributed by atoms with E-state index in [4.69, 9.17) is 4.52 Å². The number of carbonyl (C=O) groups is 1. The first-order valence-electron chi connectivity index (χ1n) is 9.64. The summed E-state index contributed by atoms with van der Waals surface area (Å²) in [4.78, 5) is 18.1. The number of rotatable bonds is 6. The average Bonchev–Trinajstić information content (AvgIpc) is 3.13. The Kier molecular flexibility index (Phi) is 4.72. The molecule has 3 aromatic rings. The molecular weight excluding hydrogens is 373 g/mol. The van der Waals surface area contributed by atoms with Crippen molar-refractivity contribution >= 4 is 5.91 Å².